The van der Waals surface area contributed by atoms with Crippen molar-refractivity contribution in [2.45, 2.75) is 25.4 Å². The number of hydrogen-bond donors (Lipinski definition) is 0. The van der Waals surface area contributed by atoms with Gasteiger partial charge in [-0.1, -0.05) is 30.3 Å². The number of para-hydroxylation sites is 1. The molecule has 4 rings (SSSR count). The summed E-state index contributed by atoms with van der Waals surface area (Å²) in [5, 5.41) is 0.909. The number of carbonyl (C=O) groups is 1. The first-order chi connectivity index (χ1) is 13.2. The van der Waals surface area contributed by atoms with Crippen molar-refractivity contribution in [2.24, 2.45) is 0 Å². The van der Waals surface area contributed by atoms with Crippen molar-refractivity contribution in [3.05, 3.63) is 71.7 Å². The molecule has 0 aliphatic heterocycles. The second kappa shape index (κ2) is 7.27. The Hall–Kier alpha value is -3.08. The average molecular weight is 365 g/mol. The number of carbonyl (C=O) groups excluding carboxylic acids is 1. The Bertz CT molecular complexity index is 1000. The molecule has 3 aromatic rings. The molecule has 1 aromatic heterocycles. The minimum absolute atomic E-state index is 0.145. The van der Waals surface area contributed by atoms with E-state index >= 15 is 0 Å². The van der Waals surface area contributed by atoms with Crippen LogP contribution in [0.3, 0.4) is 0 Å². The molecule has 27 heavy (non-hydrogen) atoms. The Morgan fingerprint density at radius 1 is 1.26 bits per heavy atom. The number of hydrogen-bond acceptors (Lipinski definition) is 3. The van der Waals surface area contributed by atoms with E-state index in [4.69, 9.17) is 9.15 Å². The first-order valence-electron chi connectivity index (χ1n) is 8.94. The maximum atomic E-state index is 14.0. The fourth-order valence-corrected chi connectivity index (χ4v) is 3.13. The highest BCUT2D eigenvalue weighted by molar-refractivity contribution is 5.93. The van der Waals surface area contributed by atoms with Crippen LogP contribution >= 0.6 is 0 Å². The number of benzene rings is 2. The summed E-state index contributed by atoms with van der Waals surface area (Å²) in [4.78, 5) is 14.4. The molecule has 1 aliphatic rings. The highest BCUT2D eigenvalue weighted by Gasteiger charge is 2.32. The summed E-state index contributed by atoms with van der Waals surface area (Å²) in [7, 11) is 1.59. The number of fused-ring (bicyclic) bond motifs is 1. The Morgan fingerprint density at radius 2 is 2.07 bits per heavy atom. The molecule has 1 saturated carbocycles. The molecule has 0 unspecified atom stereocenters. The van der Waals surface area contributed by atoms with Gasteiger partial charge in [0.2, 0.25) is 5.91 Å². The molecular weight excluding hydrogens is 345 g/mol. The standard InChI is InChI=1S/C22H20FNO3/c1-26-20-8-4-6-15-13-18(27-22(15)20)11-12-21(25)24(17-9-10-17)14-16-5-2-3-7-19(16)23/h2-8,11-13,17H,9-10,14H2,1H3/b12-11+. The number of nitrogens with zero attached hydrogens (tertiary/aromatic N) is 1. The van der Waals surface area contributed by atoms with E-state index in [1.54, 1.807) is 36.3 Å². The van der Waals surface area contributed by atoms with Crippen LogP contribution in [0.1, 0.15) is 24.2 Å². The molecule has 1 aliphatic carbocycles. The quantitative estimate of drug-likeness (QED) is 0.590. The maximum absolute atomic E-state index is 14.0. The van der Waals surface area contributed by atoms with E-state index in [1.165, 1.54) is 12.1 Å². The van der Waals surface area contributed by atoms with Gasteiger partial charge in [-0.3, -0.25) is 4.79 Å². The third-order valence-corrected chi connectivity index (χ3v) is 4.71. The summed E-state index contributed by atoms with van der Waals surface area (Å²) < 4.78 is 25.0. The maximum Gasteiger partial charge on any atom is 0.247 e. The molecule has 4 nitrogen and oxygen atoms in total. The van der Waals surface area contributed by atoms with Crippen LogP contribution in [0.4, 0.5) is 4.39 Å². The second-order valence-corrected chi connectivity index (χ2v) is 6.65. The van der Waals surface area contributed by atoms with E-state index in [2.05, 4.69) is 0 Å². The van der Waals surface area contributed by atoms with Crippen molar-refractivity contribution >= 4 is 23.0 Å². The molecule has 138 valence electrons. The minimum Gasteiger partial charge on any atom is -0.493 e. The smallest absolute Gasteiger partial charge is 0.247 e. The Morgan fingerprint density at radius 3 is 2.81 bits per heavy atom. The molecular formula is C22H20FNO3. The lowest BCUT2D eigenvalue weighted by molar-refractivity contribution is -0.127. The summed E-state index contributed by atoms with van der Waals surface area (Å²) in [6.45, 7) is 0.272. The number of amides is 1. The topological polar surface area (TPSA) is 42.7 Å². The number of furan rings is 1. The molecule has 5 heteroatoms. The van der Waals surface area contributed by atoms with Crippen LogP contribution in [0.2, 0.25) is 0 Å². The van der Waals surface area contributed by atoms with Gasteiger partial charge in [0.1, 0.15) is 11.6 Å². The van der Waals surface area contributed by atoms with Gasteiger partial charge >= 0.3 is 0 Å². The fraction of sp³-hybridized carbons (Fsp3) is 0.227. The van der Waals surface area contributed by atoms with Crippen molar-refractivity contribution in [1.29, 1.82) is 0 Å². The summed E-state index contributed by atoms with van der Waals surface area (Å²) in [5.74, 6) is 0.791. The number of halogens is 1. The predicted molar refractivity (Wildman–Crippen MR) is 102 cm³/mol. The van der Waals surface area contributed by atoms with E-state index in [0.29, 0.717) is 22.7 Å². The Kier molecular flexibility index (Phi) is 4.67. The molecule has 0 bridgehead atoms. The van der Waals surface area contributed by atoms with Gasteiger partial charge in [-0.2, -0.15) is 0 Å². The third-order valence-electron chi connectivity index (χ3n) is 4.71. The lowest BCUT2D eigenvalue weighted by atomic mass is 10.2. The molecule has 1 amide bonds. The predicted octanol–water partition coefficient (Wildman–Crippen LogP) is 4.78. The van der Waals surface area contributed by atoms with Gasteiger partial charge in [0.25, 0.3) is 0 Å². The molecule has 0 saturated heterocycles. The monoisotopic (exact) mass is 365 g/mol. The zero-order valence-corrected chi connectivity index (χ0v) is 15.0. The van der Waals surface area contributed by atoms with E-state index in [0.717, 1.165) is 18.2 Å². The summed E-state index contributed by atoms with van der Waals surface area (Å²) in [6, 6.07) is 14.2. The van der Waals surface area contributed by atoms with E-state index in [-0.39, 0.29) is 24.3 Å². The Balaban J connectivity index is 1.53. The number of ether oxygens (including phenoxy) is 1. The van der Waals surface area contributed by atoms with Gasteiger partial charge in [0, 0.05) is 29.6 Å². The molecule has 0 spiro atoms. The normalized spacial score (nSPS) is 14.0. The summed E-state index contributed by atoms with van der Waals surface area (Å²) in [5.41, 5.74) is 1.18. The number of rotatable bonds is 6. The van der Waals surface area contributed by atoms with Crippen molar-refractivity contribution in [3.63, 3.8) is 0 Å². The molecule has 1 heterocycles. The van der Waals surface area contributed by atoms with E-state index in [9.17, 15) is 9.18 Å². The minimum atomic E-state index is -0.288. The Labute approximate surface area is 156 Å². The molecule has 1 fully saturated rings. The van der Waals surface area contributed by atoms with Crippen LogP contribution in [-0.4, -0.2) is 24.0 Å². The lowest BCUT2D eigenvalue weighted by Gasteiger charge is -2.21. The summed E-state index contributed by atoms with van der Waals surface area (Å²) in [6.07, 6.45) is 5.05. The van der Waals surface area contributed by atoms with Gasteiger partial charge < -0.3 is 14.1 Å². The second-order valence-electron chi connectivity index (χ2n) is 6.65. The zero-order valence-electron chi connectivity index (χ0n) is 15.0. The molecule has 0 atom stereocenters. The van der Waals surface area contributed by atoms with Crippen LogP contribution in [0.25, 0.3) is 17.0 Å². The van der Waals surface area contributed by atoms with Gasteiger partial charge in [-0.25, -0.2) is 4.39 Å². The van der Waals surface area contributed by atoms with E-state index < -0.39 is 0 Å². The van der Waals surface area contributed by atoms with Crippen LogP contribution < -0.4 is 4.74 Å². The largest absolute Gasteiger partial charge is 0.493 e. The first kappa shape index (κ1) is 17.3. The van der Waals surface area contributed by atoms with E-state index in [1.807, 2.05) is 24.3 Å². The van der Waals surface area contributed by atoms with Crippen LogP contribution in [0.15, 0.2) is 59.0 Å². The summed E-state index contributed by atoms with van der Waals surface area (Å²) >= 11 is 0. The van der Waals surface area contributed by atoms with Crippen molar-refractivity contribution in [1.82, 2.24) is 4.90 Å². The van der Waals surface area contributed by atoms with Gasteiger partial charge in [-0.05, 0) is 37.1 Å². The average Bonchev–Trinajstić information content (AvgIpc) is 3.43. The first-order valence-corrected chi connectivity index (χ1v) is 8.94. The lowest BCUT2D eigenvalue weighted by Crippen LogP contribution is -2.31. The van der Waals surface area contributed by atoms with Crippen LogP contribution in [-0.2, 0) is 11.3 Å². The van der Waals surface area contributed by atoms with Crippen molar-refractivity contribution in [2.75, 3.05) is 7.11 Å². The van der Waals surface area contributed by atoms with Gasteiger partial charge in [-0.15, -0.1) is 0 Å². The van der Waals surface area contributed by atoms with Crippen molar-refractivity contribution < 1.29 is 18.3 Å². The van der Waals surface area contributed by atoms with Crippen LogP contribution in [0, 0.1) is 5.82 Å². The van der Waals surface area contributed by atoms with Gasteiger partial charge in [0.05, 0.1) is 7.11 Å². The van der Waals surface area contributed by atoms with Gasteiger partial charge in [0.15, 0.2) is 11.3 Å². The number of methoxy groups -OCH3 is 1. The SMILES string of the molecule is COc1cccc2cc(/C=C/C(=O)N(Cc3ccccc3F)C3CC3)oc12. The van der Waals surface area contributed by atoms with Crippen molar-refractivity contribution in [3.8, 4) is 5.75 Å². The highest BCUT2D eigenvalue weighted by Crippen LogP contribution is 2.30. The van der Waals surface area contributed by atoms with Crippen LogP contribution in [0.5, 0.6) is 5.75 Å². The fourth-order valence-electron chi connectivity index (χ4n) is 3.13. The highest BCUT2D eigenvalue weighted by atomic mass is 19.1. The zero-order chi connectivity index (χ0) is 18.8. The third kappa shape index (κ3) is 3.72. The molecule has 2 aromatic carbocycles. The molecule has 0 radical (unpaired) electrons. The molecule has 0 N–H and O–H groups in total.